The number of hydrogen-bond acceptors (Lipinski definition) is 2. The Labute approximate surface area is 333 Å². The van der Waals surface area contributed by atoms with Crippen LogP contribution >= 0.6 is 0 Å². The van der Waals surface area contributed by atoms with E-state index in [0.717, 1.165) is 51.4 Å². The summed E-state index contributed by atoms with van der Waals surface area (Å²) in [6.07, 6.45) is 9.69. The van der Waals surface area contributed by atoms with Crippen molar-refractivity contribution >= 4 is 27.8 Å². The molecule has 2 unspecified atom stereocenters. The van der Waals surface area contributed by atoms with Crippen LogP contribution in [-0.2, 0) is 6.42 Å². The number of quaternary nitrogens is 1. The summed E-state index contributed by atoms with van der Waals surface area (Å²) in [6, 6.07) is 38.2. The third-order valence-electron chi connectivity index (χ3n) is 12.5. The number of allylic oxidation sites excluding steroid dienone is 2. The number of pyridine rings is 2. The average Bonchev–Trinajstić information content (AvgIpc) is 3.56. The monoisotopic (exact) mass is 737 g/mol. The smallest absolute Gasteiger partial charge is 0.227 e. The van der Waals surface area contributed by atoms with Gasteiger partial charge in [0.05, 0.1) is 42.9 Å². The van der Waals surface area contributed by atoms with Gasteiger partial charge in [-0.15, -0.1) is 6.58 Å². The molecule has 0 spiro atoms. The lowest BCUT2D eigenvalue weighted by atomic mass is 9.80. The Morgan fingerprint density at radius 2 is 1.57 bits per heavy atom. The maximum Gasteiger partial charge on any atom is 0.227 e. The molecule has 7 aromatic rings. The third kappa shape index (κ3) is 6.40. The molecule has 0 saturated heterocycles. The molecule has 0 fully saturated rings. The van der Waals surface area contributed by atoms with Gasteiger partial charge in [-0.05, 0) is 111 Å². The van der Waals surface area contributed by atoms with Gasteiger partial charge in [-0.2, -0.15) is 4.57 Å². The summed E-state index contributed by atoms with van der Waals surface area (Å²) < 4.78 is 10.3. The minimum atomic E-state index is 0.203. The van der Waals surface area contributed by atoms with E-state index in [9.17, 15) is 0 Å². The maximum atomic E-state index is 7.03. The molecule has 3 aromatic heterocycles. The number of hydrogen-bond donors (Lipinski definition) is 0. The lowest BCUT2D eigenvalue weighted by molar-refractivity contribution is -0.841. The second-order valence-corrected chi connectivity index (χ2v) is 16.6. The highest BCUT2D eigenvalue weighted by atomic mass is 16.3. The first-order valence-corrected chi connectivity index (χ1v) is 20.3. The van der Waals surface area contributed by atoms with Crippen LogP contribution in [0.2, 0.25) is 0 Å². The zero-order valence-corrected chi connectivity index (χ0v) is 34.4. The number of benzene rings is 4. The third-order valence-corrected chi connectivity index (χ3v) is 12.5. The van der Waals surface area contributed by atoms with Gasteiger partial charge >= 0.3 is 0 Å². The van der Waals surface area contributed by atoms with Gasteiger partial charge in [-0.1, -0.05) is 85.8 Å². The molecule has 1 aliphatic rings. The molecule has 56 heavy (non-hydrogen) atoms. The Hall–Kier alpha value is -5.58. The summed E-state index contributed by atoms with van der Waals surface area (Å²) in [5.74, 6) is 0.203. The second-order valence-electron chi connectivity index (χ2n) is 16.6. The van der Waals surface area contributed by atoms with Crippen LogP contribution in [0.5, 0.6) is 0 Å². The molecule has 0 bridgehead atoms. The highest BCUT2D eigenvalue weighted by Crippen LogP contribution is 2.44. The van der Waals surface area contributed by atoms with Crippen molar-refractivity contribution in [3.05, 3.63) is 161 Å². The first-order chi connectivity index (χ1) is 27.0. The van der Waals surface area contributed by atoms with E-state index in [1.54, 1.807) is 0 Å². The van der Waals surface area contributed by atoms with Crippen molar-refractivity contribution in [1.29, 1.82) is 0 Å². The summed E-state index contributed by atoms with van der Waals surface area (Å²) in [5.41, 5.74) is 17.6. The van der Waals surface area contributed by atoms with E-state index in [1.807, 2.05) is 0 Å². The van der Waals surface area contributed by atoms with E-state index in [-0.39, 0.29) is 12.0 Å². The SMILES string of the molecule is C=CC1c2ccccc2-c2ccc(C)c[n+]2C1CCc1ccc2c(oc3nc(-c4c(C)cc(-c5ccccc5)cc4C)ccc32)c1/C(=C/CC)[N+](C)(C)C(C)C. The predicted molar refractivity (Wildman–Crippen MR) is 234 cm³/mol. The van der Waals surface area contributed by atoms with Crippen molar-refractivity contribution in [2.45, 2.75) is 78.8 Å². The standard InChI is InChI=1S/C52H55N3O/c1-10-17-48(55(8,9)33(3)4)50-38(24-29-46-40(11-2)41-20-15-16-21-42(41)47-28-22-34(5)32-54(46)47)23-25-43-44-26-27-45(53-52(44)56-51(43)50)49-35(6)30-39(31-36(49)7)37-18-13-12-14-19-37/h11-23,25-28,30-33,40,46H,2,10,24,29H2,1,3-9H3/q+2/b48-17-. The molecule has 0 saturated carbocycles. The number of aromatic nitrogens is 2. The topological polar surface area (TPSA) is 29.9 Å². The molecule has 4 nitrogen and oxygen atoms in total. The van der Waals surface area contributed by atoms with Gasteiger partial charge in [0.15, 0.2) is 17.8 Å². The molecule has 0 aliphatic carbocycles. The first-order valence-electron chi connectivity index (χ1n) is 20.3. The molecule has 4 aromatic carbocycles. The van der Waals surface area contributed by atoms with E-state index in [4.69, 9.17) is 9.40 Å². The van der Waals surface area contributed by atoms with E-state index in [1.165, 1.54) is 61.5 Å². The van der Waals surface area contributed by atoms with Crippen LogP contribution in [0, 0.1) is 20.8 Å². The Morgan fingerprint density at radius 3 is 2.29 bits per heavy atom. The summed E-state index contributed by atoms with van der Waals surface area (Å²) in [6.45, 7) is 17.8. The van der Waals surface area contributed by atoms with Crippen LogP contribution in [-0.4, -0.2) is 29.6 Å². The van der Waals surface area contributed by atoms with Crippen LogP contribution in [0.4, 0.5) is 0 Å². The fraction of sp³-hybridized carbons (Fsp3) is 0.269. The minimum absolute atomic E-state index is 0.203. The molecule has 0 N–H and O–H groups in total. The zero-order valence-electron chi connectivity index (χ0n) is 34.4. The van der Waals surface area contributed by atoms with Crippen molar-refractivity contribution in [1.82, 2.24) is 4.98 Å². The summed E-state index contributed by atoms with van der Waals surface area (Å²) in [7, 11) is 4.66. The van der Waals surface area contributed by atoms with E-state index >= 15 is 0 Å². The van der Waals surface area contributed by atoms with Crippen molar-refractivity contribution < 1.29 is 13.5 Å². The quantitative estimate of drug-likeness (QED) is 0.0795. The van der Waals surface area contributed by atoms with Gasteiger partial charge in [-0.3, -0.25) is 4.48 Å². The van der Waals surface area contributed by atoms with Crippen molar-refractivity contribution in [2.24, 2.45) is 0 Å². The Bertz CT molecular complexity index is 2620. The van der Waals surface area contributed by atoms with Crippen molar-refractivity contribution in [2.75, 3.05) is 14.1 Å². The lowest BCUT2D eigenvalue weighted by Gasteiger charge is -2.37. The molecule has 1 aliphatic heterocycles. The van der Waals surface area contributed by atoms with Gasteiger partial charge < -0.3 is 4.42 Å². The Morgan fingerprint density at radius 1 is 0.857 bits per heavy atom. The summed E-state index contributed by atoms with van der Waals surface area (Å²) in [5, 5.41) is 2.16. The van der Waals surface area contributed by atoms with Crippen molar-refractivity contribution in [3.8, 4) is 33.6 Å². The van der Waals surface area contributed by atoms with Gasteiger partial charge in [0.2, 0.25) is 11.4 Å². The highest BCUT2D eigenvalue weighted by Gasteiger charge is 2.39. The number of fused-ring (bicyclic) bond motifs is 6. The molecular weight excluding hydrogens is 683 g/mol. The largest absolute Gasteiger partial charge is 0.437 e. The fourth-order valence-electron chi connectivity index (χ4n) is 9.09. The van der Waals surface area contributed by atoms with Crippen LogP contribution < -0.4 is 4.57 Å². The van der Waals surface area contributed by atoms with Crippen LogP contribution in [0.1, 0.15) is 79.0 Å². The van der Waals surface area contributed by atoms with E-state index < -0.39 is 0 Å². The fourth-order valence-corrected chi connectivity index (χ4v) is 9.09. The Kier molecular flexibility index (Phi) is 9.88. The number of aryl methyl sites for hydroxylation is 4. The van der Waals surface area contributed by atoms with Gasteiger partial charge in [-0.25, -0.2) is 4.98 Å². The Balaban J connectivity index is 1.26. The second kappa shape index (κ2) is 14.8. The minimum Gasteiger partial charge on any atom is -0.437 e. The highest BCUT2D eigenvalue weighted by molar-refractivity contribution is 6.07. The zero-order chi connectivity index (χ0) is 39.3. The number of rotatable bonds is 10. The molecule has 8 rings (SSSR count). The van der Waals surface area contributed by atoms with Crippen LogP contribution in [0.25, 0.3) is 61.4 Å². The first kappa shape index (κ1) is 37.3. The molecule has 0 radical (unpaired) electrons. The maximum absolute atomic E-state index is 7.03. The molecule has 4 heteroatoms. The van der Waals surface area contributed by atoms with Crippen LogP contribution in [0.15, 0.2) is 132 Å². The van der Waals surface area contributed by atoms with Gasteiger partial charge in [0.1, 0.15) is 5.70 Å². The summed E-state index contributed by atoms with van der Waals surface area (Å²) in [4.78, 5) is 5.27. The van der Waals surface area contributed by atoms with E-state index in [0.29, 0.717) is 11.8 Å². The normalized spacial score (nSPS) is 15.7. The molecule has 2 atom stereocenters. The lowest BCUT2D eigenvalue weighted by Crippen LogP contribution is -2.47. The van der Waals surface area contributed by atoms with Gasteiger partial charge in [0.25, 0.3) is 0 Å². The average molecular weight is 738 g/mol. The number of furan rings is 1. The molecular formula is C52H55N3O+2. The van der Waals surface area contributed by atoms with Crippen molar-refractivity contribution in [3.63, 3.8) is 0 Å². The summed E-state index contributed by atoms with van der Waals surface area (Å²) >= 11 is 0. The molecule has 282 valence electrons. The van der Waals surface area contributed by atoms with Gasteiger partial charge in [0, 0.05) is 34.4 Å². The van der Waals surface area contributed by atoms with E-state index in [2.05, 4.69) is 188 Å². The van der Waals surface area contributed by atoms with Crippen LogP contribution in [0.3, 0.4) is 0 Å². The number of nitrogens with zero attached hydrogens (tertiary/aromatic N) is 3. The predicted octanol–water partition coefficient (Wildman–Crippen LogP) is 12.9. The molecule has 4 heterocycles. The molecule has 0 amide bonds.